The summed E-state index contributed by atoms with van der Waals surface area (Å²) in [6.45, 7) is 1.83. The van der Waals surface area contributed by atoms with Crippen LogP contribution in [0.2, 0.25) is 0 Å². The van der Waals surface area contributed by atoms with Crippen LogP contribution in [-0.2, 0) is 10.0 Å². The minimum atomic E-state index is -3.82. The van der Waals surface area contributed by atoms with Gasteiger partial charge in [-0.2, -0.15) is 0 Å². The highest BCUT2D eigenvalue weighted by atomic mass is 32.2. The lowest BCUT2D eigenvalue weighted by atomic mass is 10.3. The molecular formula is C19H16N2O3S2. The molecule has 0 atom stereocenters. The number of hydrogen-bond donors (Lipinski definition) is 0. The molecule has 3 aromatic heterocycles. The molecule has 0 bridgehead atoms. The molecule has 0 saturated carbocycles. The topological polar surface area (TPSA) is 65.1 Å². The fraction of sp³-hybridized carbons (Fsp3) is 0.105. The van der Waals surface area contributed by atoms with Crippen molar-refractivity contribution in [3.05, 3.63) is 66.6 Å². The van der Waals surface area contributed by atoms with Gasteiger partial charge in [0.05, 0.1) is 4.90 Å². The summed E-state index contributed by atoms with van der Waals surface area (Å²) in [4.78, 5) is 5.59. The van der Waals surface area contributed by atoms with Gasteiger partial charge in [-0.3, -0.25) is 0 Å². The molecule has 0 aliphatic heterocycles. The van der Waals surface area contributed by atoms with Crippen molar-refractivity contribution in [3.8, 4) is 11.5 Å². The Hall–Kier alpha value is -2.51. The molecule has 0 spiro atoms. The molecule has 0 aliphatic carbocycles. The van der Waals surface area contributed by atoms with Gasteiger partial charge in [-0.05, 0) is 49.6 Å². The van der Waals surface area contributed by atoms with E-state index in [-0.39, 0.29) is 4.90 Å². The van der Waals surface area contributed by atoms with E-state index in [1.165, 1.54) is 3.97 Å². The maximum atomic E-state index is 13.3. The molecule has 0 radical (unpaired) electrons. The van der Waals surface area contributed by atoms with Crippen molar-refractivity contribution in [2.24, 2.45) is 0 Å². The van der Waals surface area contributed by atoms with Crippen molar-refractivity contribution < 1.29 is 12.8 Å². The van der Waals surface area contributed by atoms with Crippen LogP contribution in [0.25, 0.3) is 22.5 Å². The summed E-state index contributed by atoms with van der Waals surface area (Å²) in [7, 11) is -3.82. The number of furan rings is 1. The summed E-state index contributed by atoms with van der Waals surface area (Å²) in [6.07, 6.45) is 3.64. The van der Waals surface area contributed by atoms with Gasteiger partial charge >= 0.3 is 0 Å². The van der Waals surface area contributed by atoms with Crippen LogP contribution in [0.4, 0.5) is 0 Å². The zero-order valence-electron chi connectivity index (χ0n) is 14.2. The van der Waals surface area contributed by atoms with Crippen LogP contribution in [0, 0.1) is 6.92 Å². The standard InChI is InChI=1S/C19H16N2O3S2/c1-13-8-9-18(24-13)17-11-14-10-15(25-2)12-20-19(14)21(17)26(22,23)16-6-4-3-5-7-16/h3-12H,1-2H3. The van der Waals surface area contributed by atoms with E-state index >= 15 is 0 Å². The zero-order valence-corrected chi connectivity index (χ0v) is 15.8. The van der Waals surface area contributed by atoms with E-state index in [9.17, 15) is 8.42 Å². The van der Waals surface area contributed by atoms with Crippen molar-refractivity contribution in [3.63, 3.8) is 0 Å². The number of hydrogen-bond acceptors (Lipinski definition) is 5. The molecule has 1 aromatic carbocycles. The lowest BCUT2D eigenvalue weighted by molar-refractivity contribution is 0.544. The molecule has 0 unspecified atom stereocenters. The second kappa shape index (κ2) is 6.34. The second-order valence-corrected chi connectivity index (χ2v) is 8.48. The summed E-state index contributed by atoms with van der Waals surface area (Å²) < 4.78 is 33.7. The molecule has 0 saturated heterocycles. The number of thioether (sulfide) groups is 1. The van der Waals surface area contributed by atoms with Crippen molar-refractivity contribution in [1.82, 2.24) is 8.96 Å². The van der Waals surface area contributed by atoms with Gasteiger partial charge < -0.3 is 4.42 Å². The fourth-order valence-electron chi connectivity index (χ4n) is 2.85. The van der Waals surface area contributed by atoms with Crippen LogP contribution < -0.4 is 0 Å². The monoisotopic (exact) mass is 384 g/mol. The first-order valence-corrected chi connectivity index (χ1v) is 10.6. The van der Waals surface area contributed by atoms with Gasteiger partial charge in [0.15, 0.2) is 11.4 Å². The molecule has 0 N–H and O–H groups in total. The number of aromatic nitrogens is 2. The molecule has 3 heterocycles. The Morgan fingerprint density at radius 1 is 1.08 bits per heavy atom. The molecule has 132 valence electrons. The Kier molecular flexibility index (Phi) is 4.13. The summed E-state index contributed by atoms with van der Waals surface area (Å²) in [5.74, 6) is 1.21. The SMILES string of the molecule is CSc1cnc2c(c1)cc(-c1ccc(C)o1)n2S(=O)(=O)c1ccccc1. The van der Waals surface area contributed by atoms with E-state index in [2.05, 4.69) is 4.98 Å². The predicted octanol–water partition coefficient (Wildman–Crippen LogP) is 4.56. The first-order chi connectivity index (χ1) is 12.5. The number of nitrogens with zero attached hydrogens (tertiary/aromatic N) is 2. The van der Waals surface area contributed by atoms with E-state index in [1.54, 1.807) is 60.4 Å². The first-order valence-electron chi connectivity index (χ1n) is 7.93. The van der Waals surface area contributed by atoms with Gasteiger partial charge in [0, 0.05) is 16.5 Å². The first kappa shape index (κ1) is 16.9. The molecule has 4 aromatic rings. The predicted molar refractivity (Wildman–Crippen MR) is 103 cm³/mol. The third-order valence-electron chi connectivity index (χ3n) is 4.08. The van der Waals surface area contributed by atoms with Crippen molar-refractivity contribution in [2.75, 3.05) is 6.26 Å². The molecule has 26 heavy (non-hydrogen) atoms. The second-order valence-electron chi connectivity index (χ2n) is 5.81. The van der Waals surface area contributed by atoms with Gasteiger partial charge in [-0.1, -0.05) is 18.2 Å². The van der Waals surface area contributed by atoms with Crippen LogP contribution in [0.1, 0.15) is 5.76 Å². The van der Waals surface area contributed by atoms with Crippen molar-refractivity contribution in [1.29, 1.82) is 0 Å². The Labute approximate surface area is 155 Å². The van der Waals surface area contributed by atoms with Crippen LogP contribution in [0.3, 0.4) is 0 Å². The highest BCUT2D eigenvalue weighted by Crippen LogP contribution is 2.33. The van der Waals surface area contributed by atoms with E-state index in [0.717, 1.165) is 10.3 Å². The summed E-state index contributed by atoms with van der Waals surface area (Å²) in [6, 6.07) is 15.7. The Morgan fingerprint density at radius 2 is 1.85 bits per heavy atom. The van der Waals surface area contributed by atoms with Crippen LogP contribution in [0.5, 0.6) is 0 Å². The highest BCUT2D eigenvalue weighted by molar-refractivity contribution is 7.98. The van der Waals surface area contributed by atoms with Crippen LogP contribution in [-0.4, -0.2) is 23.6 Å². The Bertz CT molecular complexity index is 1190. The maximum absolute atomic E-state index is 13.3. The molecular weight excluding hydrogens is 368 g/mol. The van der Waals surface area contributed by atoms with Crippen molar-refractivity contribution in [2.45, 2.75) is 16.7 Å². The summed E-state index contributed by atoms with van der Waals surface area (Å²) >= 11 is 1.56. The van der Waals surface area contributed by atoms with E-state index < -0.39 is 10.0 Å². The van der Waals surface area contributed by atoms with E-state index in [4.69, 9.17) is 4.42 Å². The van der Waals surface area contributed by atoms with Crippen molar-refractivity contribution >= 4 is 32.8 Å². The Balaban J connectivity index is 2.06. The van der Waals surface area contributed by atoms with E-state index in [0.29, 0.717) is 22.9 Å². The maximum Gasteiger partial charge on any atom is 0.270 e. The van der Waals surface area contributed by atoms with Gasteiger partial charge in [-0.25, -0.2) is 17.4 Å². The number of benzene rings is 1. The van der Waals surface area contributed by atoms with Crippen LogP contribution >= 0.6 is 11.8 Å². The van der Waals surface area contributed by atoms with Gasteiger partial charge in [0.25, 0.3) is 10.0 Å². The molecule has 5 nitrogen and oxygen atoms in total. The molecule has 0 aliphatic rings. The number of pyridine rings is 1. The lowest BCUT2D eigenvalue weighted by Gasteiger charge is -2.10. The minimum absolute atomic E-state index is 0.206. The third-order valence-corrected chi connectivity index (χ3v) is 6.50. The molecule has 0 amide bonds. The number of fused-ring (bicyclic) bond motifs is 1. The molecule has 7 heteroatoms. The zero-order chi connectivity index (χ0) is 18.3. The fourth-order valence-corrected chi connectivity index (χ4v) is 4.74. The average molecular weight is 384 g/mol. The average Bonchev–Trinajstić information content (AvgIpc) is 3.25. The number of aryl methyl sites for hydroxylation is 1. The van der Waals surface area contributed by atoms with Gasteiger partial charge in [0.2, 0.25) is 0 Å². The summed E-state index contributed by atoms with van der Waals surface area (Å²) in [5.41, 5.74) is 0.846. The Morgan fingerprint density at radius 3 is 2.50 bits per heavy atom. The largest absolute Gasteiger partial charge is 0.460 e. The normalized spacial score (nSPS) is 11.9. The van der Waals surface area contributed by atoms with Gasteiger partial charge in [-0.15, -0.1) is 11.8 Å². The number of rotatable bonds is 4. The van der Waals surface area contributed by atoms with E-state index in [1.807, 2.05) is 25.3 Å². The minimum Gasteiger partial charge on any atom is -0.460 e. The highest BCUT2D eigenvalue weighted by Gasteiger charge is 2.26. The smallest absolute Gasteiger partial charge is 0.270 e. The van der Waals surface area contributed by atoms with Crippen LogP contribution in [0.15, 0.2) is 75.0 Å². The molecule has 0 fully saturated rings. The molecule has 4 rings (SSSR count). The third kappa shape index (κ3) is 2.73. The lowest BCUT2D eigenvalue weighted by Crippen LogP contribution is -2.14. The van der Waals surface area contributed by atoms with Gasteiger partial charge in [0.1, 0.15) is 11.5 Å². The quantitative estimate of drug-likeness (QED) is 0.483. The summed E-state index contributed by atoms with van der Waals surface area (Å²) in [5, 5.41) is 0.750.